The molecule has 1 unspecified atom stereocenters. The summed E-state index contributed by atoms with van der Waals surface area (Å²) in [5.41, 5.74) is 2.26. The van der Waals surface area contributed by atoms with Crippen LogP contribution in [-0.4, -0.2) is 19.7 Å². The summed E-state index contributed by atoms with van der Waals surface area (Å²) in [4.78, 5) is 0. The fourth-order valence-electron chi connectivity index (χ4n) is 2.28. The highest BCUT2D eigenvalue weighted by atomic mass is 35.5. The van der Waals surface area contributed by atoms with Crippen molar-refractivity contribution in [3.05, 3.63) is 28.3 Å². The maximum Gasteiger partial charge on any atom is 0.123 e. The van der Waals surface area contributed by atoms with Crippen molar-refractivity contribution in [1.82, 2.24) is 5.32 Å². The smallest absolute Gasteiger partial charge is 0.123 e. The minimum Gasteiger partial charge on any atom is -0.496 e. The minimum absolute atomic E-state index is 0.549. The maximum atomic E-state index is 6.35. The summed E-state index contributed by atoms with van der Waals surface area (Å²) >= 11 is 6.35. The van der Waals surface area contributed by atoms with Gasteiger partial charge in [-0.25, -0.2) is 0 Å². The fourth-order valence-corrected chi connectivity index (χ4v) is 2.51. The topological polar surface area (TPSA) is 21.3 Å². The maximum absolute atomic E-state index is 6.35. The molecule has 1 fully saturated rings. The molecule has 1 aromatic rings. The van der Waals surface area contributed by atoms with E-state index < -0.39 is 0 Å². The number of halogens is 1. The van der Waals surface area contributed by atoms with Gasteiger partial charge in [-0.2, -0.15) is 0 Å². The van der Waals surface area contributed by atoms with Crippen LogP contribution >= 0.6 is 11.6 Å². The lowest BCUT2D eigenvalue weighted by atomic mass is 10.0. The summed E-state index contributed by atoms with van der Waals surface area (Å²) < 4.78 is 5.38. The Morgan fingerprint density at radius 3 is 2.94 bits per heavy atom. The zero-order chi connectivity index (χ0) is 11.5. The molecule has 1 atom stereocenters. The Bertz CT molecular complexity index is 372. The number of nitrogens with one attached hydrogen (secondary N) is 1. The fraction of sp³-hybridized carbons (Fsp3) is 0.538. The number of hydrogen-bond donors (Lipinski definition) is 1. The lowest BCUT2D eigenvalue weighted by Gasteiger charge is -2.16. The van der Waals surface area contributed by atoms with E-state index in [9.17, 15) is 0 Å². The summed E-state index contributed by atoms with van der Waals surface area (Å²) in [7, 11) is 1.70. The van der Waals surface area contributed by atoms with Crippen molar-refractivity contribution in [2.24, 2.45) is 0 Å². The quantitative estimate of drug-likeness (QED) is 0.876. The van der Waals surface area contributed by atoms with Crippen LogP contribution in [-0.2, 0) is 6.42 Å². The van der Waals surface area contributed by atoms with Gasteiger partial charge in [0.15, 0.2) is 0 Å². The standard InChI is InChI=1S/C13H18ClNO/c1-9-5-6-12(16-2)11(13(9)14)8-10-4-3-7-15-10/h5-6,10,15H,3-4,7-8H2,1-2H3. The van der Waals surface area contributed by atoms with Gasteiger partial charge in [0.05, 0.1) is 12.1 Å². The van der Waals surface area contributed by atoms with Crippen molar-refractivity contribution >= 4 is 11.6 Å². The van der Waals surface area contributed by atoms with Gasteiger partial charge in [0.2, 0.25) is 0 Å². The first-order valence-electron chi connectivity index (χ1n) is 5.77. The normalized spacial score (nSPS) is 20.1. The second kappa shape index (κ2) is 5.07. The first-order valence-corrected chi connectivity index (χ1v) is 6.15. The molecule has 1 aromatic carbocycles. The Kier molecular flexibility index (Phi) is 3.72. The van der Waals surface area contributed by atoms with Crippen LogP contribution in [0.4, 0.5) is 0 Å². The molecule has 1 N–H and O–H groups in total. The molecule has 0 saturated carbocycles. The van der Waals surface area contributed by atoms with Crippen molar-refractivity contribution in [3.8, 4) is 5.75 Å². The molecule has 0 amide bonds. The predicted molar refractivity (Wildman–Crippen MR) is 67.5 cm³/mol. The van der Waals surface area contributed by atoms with Gasteiger partial charge < -0.3 is 10.1 Å². The van der Waals surface area contributed by atoms with Gasteiger partial charge in [-0.3, -0.25) is 0 Å². The van der Waals surface area contributed by atoms with Crippen molar-refractivity contribution in [2.75, 3.05) is 13.7 Å². The summed E-state index contributed by atoms with van der Waals surface area (Å²) in [5.74, 6) is 0.907. The number of aryl methyl sites for hydroxylation is 1. The monoisotopic (exact) mass is 239 g/mol. The van der Waals surface area contributed by atoms with Crippen LogP contribution in [0.5, 0.6) is 5.75 Å². The Hall–Kier alpha value is -0.730. The summed E-state index contributed by atoms with van der Waals surface area (Å²) in [5, 5.41) is 4.34. The molecule has 3 heteroatoms. The Morgan fingerprint density at radius 1 is 1.50 bits per heavy atom. The number of hydrogen-bond acceptors (Lipinski definition) is 2. The highest BCUT2D eigenvalue weighted by Crippen LogP contribution is 2.31. The van der Waals surface area contributed by atoms with E-state index >= 15 is 0 Å². The van der Waals surface area contributed by atoms with E-state index in [1.165, 1.54) is 12.8 Å². The second-order valence-electron chi connectivity index (χ2n) is 4.37. The van der Waals surface area contributed by atoms with Crippen LogP contribution in [0, 0.1) is 6.92 Å². The number of rotatable bonds is 3. The van der Waals surface area contributed by atoms with Crippen molar-refractivity contribution in [2.45, 2.75) is 32.2 Å². The molecule has 1 saturated heterocycles. The van der Waals surface area contributed by atoms with E-state index in [1.54, 1.807) is 7.11 Å². The van der Waals surface area contributed by atoms with E-state index in [2.05, 4.69) is 5.32 Å². The Labute approximate surface area is 102 Å². The molecule has 2 rings (SSSR count). The molecule has 1 aliphatic heterocycles. The molecule has 0 spiro atoms. The number of benzene rings is 1. The molecule has 0 radical (unpaired) electrons. The molecule has 1 heterocycles. The van der Waals surface area contributed by atoms with Gasteiger partial charge in [0.1, 0.15) is 5.75 Å². The third kappa shape index (κ3) is 2.33. The largest absolute Gasteiger partial charge is 0.496 e. The zero-order valence-electron chi connectivity index (χ0n) is 9.85. The van der Waals surface area contributed by atoms with E-state index in [4.69, 9.17) is 16.3 Å². The number of methoxy groups -OCH3 is 1. The van der Waals surface area contributed by atoms with Gasteiger partial charge in [0, 0.05) is 11.6 Å². The third-order valence-electron chi connectivity index (χ3n) is 3.23. The van der Waals surface area contributed by atoms with Crippen LogP contribution in [0.3, 0.4) is 0 Å². The molecule has 0 aliphatic carbocycles. The van der Waals surface area contributed by atoms with Gasteiger partial charge >= 0.3 is 0 Å². The molecule has 88 valence electrons. The molecule has 16 heavy (non-hydrogen) atoms. The van der Waals surface area contributed by atoms with Crippen molar-refractivity contribution in [1.29, 1.82) is 0 Å². The SMILES string of the molecule is COc1ccc(C)c(Cl)c1CC1CCCN1. The van der Waals surface area contributed by atoms with Crippen LogP contribution in [0.15, 0.2) is 12.1 Å². The summed E-state index contributed by atoms with van der Waals surface area (Å²) in [6.07, 6.45) is 3.45. The summed E-state index contributed by atoms with van der Waals surface area (Å²) in [6.45, 7) is 3.16. The Balaban J connectivity index is 2.25. The first-order chi connectivity index (χ1) is 7.72. The van der Waals surface area contributed by atoms with Crippen LogP contribution in [0.25, 0.3) is 0 Å². The molecule has 0 aromatic heterocycles. The molecule has 1 aliphatic rings. The van der Waals surface area contributed by atoms with Crippen LogP contribution < -0.4 is 10.1 Å². The summed E-state index contributed by atoms with van der Waals surface area (Å²) in [6, 6.07) is 4.56. The van der Waals surface area contributed by atoms with E-state index in [0.717, 1.165) is 34.9 Å². The third-order valence-corrected chi connectivity index (χ3v) is 3.75. The highest BCUT2D eigenvalue weighted by molar-refractivity contribution is 6.32. The minimum atomic E-state index is 0.549. The molecule has 2 nitrogen and oxygen atoms in total. The average Bonchev–Trinajstić information content (AvgIpc) is 2.78. The van der Waals surface area contributed by atoms with Crippen LogP contribution in [0.1, 0.15) is 24.0 Å². The van der Waals surface area contributed by atoms with Crippen LogP contribution in [0.2, 0.25) is 5.02 Å². The molecule has 0 bridgehead atoms. The Morgan fingerprint density at radius 2 is 2.31 bits per heavy atom. The van der Waals surface area contributed by atoms with Crippen molar-refractivity contribution < 1.29 is 4.74 Å². The average molecular weight is 240 g/mol. The lowest BCUT2D eigenvalue weighted by Crippen LogP contribution is -2.24. The van der Waals surface area contributed by atoms with E-state index in [-0.39, 0.29) is 0 Å². The van der Waals surface area contributed by atoms with Crippen molar-refractivity contribution in [3.63, 3.8) is 0 Å². The van der Waals surface area contributed by atoms with Gasteiger partial charge in [-0.15, -0.1) is 0 Å². The van der Waals surface area contributed by atoms with Gasteiger partial charge in [-0.05, 0) is 44.4 Å². The zero-order valence-corrected chi connectivity index (χ0v) is 10.6. The first kappa shape index (κ1) is 11.7. The number of ether oxygens (including phenoxy) is 1. The van der Waals surface area contributed by atoms with E-state index in [0.29, 0.717) is 6.04 Å². The van der Waals surface area contributed by atoms with Gasteiger partial charge in [-0.1, -0.05) is 17.7 Å². The molecular formula is C13H18ClNO. The molecular weight excluding hydrogens is 222 g/mol. The highest BCUT2D eigenvalue weighted by Gasteiger charge is 2.19. The van der Waals surface area contributed by atoms with E-state index in [1.807, 2.05) is 19.1 Å². The predicted octanol–water partition coefficient (Wildman–Crippen LogP) is 2.95. The second-order valence-corrected chi connectivity index (χ2v) is 4.75. The van der Waals surface area contributed by atoms with Gasteiger partial charge in [0.25, 0.3) is 0 Å². The lowest BCUT2D eigenvalue weighted by molar-refractivity contribution is 0.406.